The number of ether oxygens (including phenoxy) is 2. The van der Waals surface area contributed by atoms with E-state index < -0.39 is 11.7 Å². The van der Waals surface area contributed by atoms with Crippen molar-refractivity contribution in [3.05, 3.63) is 28.7 Å². The van der Waals surface area contributed by atoms with Gasteiger partial charge in [-0.05, 0) is 12.1 Å². The standard InChI is InChI=1S/C10H10N2O4/c1-12-5-3-4-6-7(12)8(9(13)11-6)16-10(14)15-2/h3-5H,1-2H3,(H,11,13). The summed E-state index contributed by atoms with van der Waals surface area (Å²) in [4.78, 5) is 25.1. The van der Waals surface area contributed by atoms with Gasteiger partial charge in [-0.1, -0.05) is 0 Å². The lowest BCUT2D eigenvalue weighted by Crippen LogP contribution is -2.13. The van der Waals surface area contributed by atoms with Gasteiger partial charge >= 0.3 is 6.16 Å². The summed E-state index contributed by atoms with van der Waals surface area (Å²) in [6.45, 7) is 0. The number of rotatable bonds is 1. The molecule has 0 unspecified atom stereocenters. The fourth-order valence-corrected chi connectivity index (χ4v) is 1.50. The summed E-state index contributed by atoms with van der Waals surface area (Å²) in [6.07, 6.45) is 0.835. The van der Waals surface area contributed by atoms with E-state index in [4.69, 9.17) is 4.74 Å². The lowest BCUT2D eigenvalue weighted by atomic mass is 10.2. The number of aryl methyl sites for hydroxylation is 1. The molecule has 0 saturated carbocycles. The topological polar surface area (TPSA) is 73.3 Å². The Morgan fingerprint density at radius 1 is 1.50 bits per heavy atom. The molecule has 0 atom stereocenters. The van der Waals surface area contributed by atoms with E-state index in [1.165, 1.54) is 7.11 Å². The molecule has 6 heteroatoms. The van der Waals surface area contributed by atoms with E-state index in [1.807, 2.05) is 0 Å². The van der Waals surface area contributed by atoms with Gasteiger partial charge in [0.05, 0.1) is 12.8 Å². The zero-order chi connectivity index (χ0) is 11.7. The second-order valence-electron chi connectivity index (χ2n) is 3.22. The maximum atomic E-state index is 11.5. The van der Waals surface area contributed by atoms with Gasteiger partial charge < -0.3 is 19.0 Å². The molecule has 0 radical (unpaired) electrons. The van der Waals surface area contributed by atoms with Crippen molar-refractivity contribution in [3.8, 4) is 17.1 Å². The number of carbonyl (C=O) groups is 1. The minimum absolute atomic E-state index is 0.0510. The van der Waals surface area contributed by atoms with Crippen LogP contribution in [-0.4, -0.2) is 22.8 Å². The van der Waals surface area contributed by atoms with Gasteiger partial charge in [0, 0.05) is 13.2 Å². The lowest BCUT2D eigenvalue weighted by Gasteiger charge is -2.07. The Kier molecular flexibility index (Phi) is 2.40. The largest absolute Gasteiger partial charge is 0.513 e. The number of nitrogens with one attached hydrogen (secondary N) is 1. The molecule has 84 valence electrons. The highest BCUT2D eigenvalue weighted by Crippen LogP contribution is 2.26. The van der Waals surface area contributed by atoms with E-state index in [0.29, 0.717) is 11.4 Å². The van der Waals surface area contributed by atoms with E-state index in [2.05, 4.69) is 9.72 Å². The first-order valence-electron chi connectivity index (χ1n) is 4.56. The highest BCUT2D eigenvalue weighted by molar-refractivity contribution is 5.71. The van der Waals surface area contributed by atoms with Crippen LogP contribution in [0.3, 0.4) is 0 Å². The molecule has 16 heavy (non-hydrogen) atoms. The van der Waals surface area contributed by atoms with Crippen LogP contribution in [0.5, 0.6) is 5.75 Å². The third kappa shape index (κ3) is 1.54. The van der Waals surface area contributed by atoms with Crippen LogP contribution >= 0.6 is 0 Å². The fraction of sp³-hybridized carbons (Fsp3) is 0.200. The smallest absolute Gasteiger partial charge is 0.437 e. The molecule has 0 bridgehead atoms. The van der Waals surface area contributed by atoms with Crippen LogP contribution in [0.1, 0.15) is 0 Å². The third-order valence-electron chi connectivity index (χ3n) is 2.20. The van der Waals surface area contributed by atoms with Crippen molar-refractivity contribution in [1.82, 2.24) is 9.55 Å². The summed E-state index contributed by atoms with van der Waals surface area (Å²) in [5.41, 5.74) is 0.675. The van der Waals surface area contributed by atoms with Crippen LogP contribution in [-0.2, 0) is 11.8 Å². The van der Waals surface area contributed by atoms with Gasteiger partial charge in [-0.25, -0.2) is 4.79 Å². The number of H-pyrrole nitrogens is 1. The van der Waals surface area contributed by atoms with Crippen molar-refractivity contribution in [2.24, 2.45) is 7.05 Å². The summed E-state index contributed by atoms with van der Waals surface area (Å²) in [5.74, 6) is -0.0510. The quantitative estimate of drug-likeness (QED) is 0.729. The van der Waals surface area contributed by atoms with Crippen LogP contribution in [0, 0.1) is 0 Å². The summed E-state index contributed by atoms with van der Waals surface area (Å²) in [6, 6.07) is 3.50. The molecule has 0 aromatic heterocycles. The second-order valence-corrected chi connectivity index (χ2v) is 3.22. The number of nitrogens with zero attached hydrogens (tertiary/aromatic N) is 1. The van der Waals surface area contributed by atoms with Crippen molar-refractivity contribution in [2.45, 2.75) is 0 Å². The van der Waals surface area contributed by atoms with Gasteiger partial charge in [0.25, 0.3) is 5.56 Å². The van der Waals surface area contributed by atoms with Crippen molar-refractivity contribution < 1.29 is 14.3 Å². The number of fused-ring (bicyclic) bond motifs is 1. The molecule has 2 rings (SSSR count). The molecule has 6 nitrogen and oxygen atoms in total. The summed E-state index contributed by atoms with van der Waals surface area (Å²) in [7, 11) is 2.93. The number of carbonyl (C=O) groups excluding carboxylic acids is 1. The monoisotopic (exact) mass is 222 g/mol. The van der Waals surface area contributed by atoms with Gasteiger partial charge in [-0.3, -0.25) is 4.79 Å². The number of hydrogen-bond donors (Lipinski definition) is 1. The van der Waals surface area contributed by atoms with Gasteiger partial charge in [0.15, 0.2) is 0 Å². The first-order valence-corrected chi connectivity index (χ1v) is 4.56. The summed E-state index contributed by atoms with van der Waals surface area (Å²) in [5, 5.41) is 0. The van der Waals surface area contributed by atoms with E-state index in [1.54, 1.807) is 29.9 Å². The number of aromatic amines is 1. The predicted molar refractivity (Wildman–Crippen MR) is 55.7 cm³/mol. The van der Waals surface area contributed by atoms with Crippen molar-refractivity contribution >= 4 is 6.16 Å². The Balaban J connectivity index is 2.57. The van der Waals surface area contributed by atoms with Crippen LogP contribution < -0.4 is 10.3 Å². The second kappa shape index (κ2) is 3.73. The van der Waals surface area contributed by atoms with Gasteiger partial charge in [-0.15, -0.1) is 0 Å². The molecule has 2 aliphatic heterocycles. The first-order chi connectivity index (χ1) is 7.63. The van der Waals surface area contributed by atoms with Crippen LogP contribution in [0.25, 0.3) is 11.4 Å². The lowest BCUT2D eigenvalue weighted by molar-refractivity contribution is 0.121. The minimum atomic E-state index is -0.915. The number of methoxy groups -OCH3 is 1. The zero-order valence-corrected chi connectivity index (χ0v) is 8.81. The van der Waals surface area contributed by atoms with Crippen LogP contribution in [0.2, 0.25) is 0 Å². The zero-order valence-electron chi connectivity index (χ0n) is 8.81. The molecule has 0 saturated heterocycles. The molecule has 0 aromatic carbocycles. The average molecular weight is 222 g/mol. The Morgan fingerprint density at radius 3 is 2.94 bits per heavy atom. The SMILES string of the molecule is COC(=O)Oc1c2n(C)cccc-2[nH]c1=O. The number of pyridine rings is 1. The van der Waals surface area contributed by atoms with Crippen molar-refractivity contribution in [3.63, 3.8) is 0 Å². The summed E-state index contributed by atoms with van der Waals surface area (Å²) < 4.78 is 10.8. The Hall–Kier alpha value is -2.24. The molecular weight excluding hydrogens is 212 g/mol. The van der Waals surface area contributed by atoms with Crippen molar-refractivity contribution in [1.29, 1.82) is 0 Å². The van der Waals surface area contributed by atoms with Crippen molar-refractivity contribution in [2.75, 3.05) is 7.11 Å². The Bertz CT molecular complexity index is 555. The highest BCUT2D eigenvalue weighted by Gasteiger charge is 2.21. The molecule has 0 fully saturated rings. The normalized spacial score (nSPS) is 10.4. The number of aromatic nitrogens is 2. The number of hydrogen-bond acceptors (Lipinski definition) is 4. The van der Waals surface area contributed by atoms with Crippen LogP contribution in [0.15, 0.2) is 23.1 Å². The predicted octanol–water partition coefficient (Wildman–Crippen LogP) is 0.963. The van der Waals surface area contributed by atoms with Crippen LogP contribution in [0.4, 0.5) is 4.79 Å². The van der Waals surface area contributed by atoms with E-state index in [-0.39, 0.29) is 5.75 Å². The molecule has 2 aliphatic rings. The van der Waals surface area contributed by atoms with Gasteiger partial charge in [0.2, 0.25) is 5.75 Å². The average Bonchev–Trinajstić information content (AvgIpc) is 2.56. The molecule has 1 N–H and O–H groups in total. The molecule has 0 aromatic rings. The Morgan fingerprint density at radius 2 is 2.25 bits per heavy atom. The van der Waals surface area contributed by atoms with Gasteiger partial charge in [-0.2, -0.15) is 0 Å². The maximum Gasteiger partial charge on any atom is 0.513 e. The van der Waals surface area contributed by atoms with Gasteiger partial charge in [0.1, 0.15) is 5.69 Å². The molecule has 0 aliphatic carbocycles. The van der Waals surface area contributed by atoms with E-state index in [0.717, 1.165) is 0 Å². The maximum absolute atomic E-state index is 11.5. The Labute approximate surface area is 90.8 Å². The molecule has 0 amide bonds. The molecular formula is C10H10N2O4. The third-order valence-corrected chi connectivity index (χ3v) is 2.20. The van der Waals surface area contributed by atoms with E-state index >= 15 is 0 Å². The molecule has 2 heterocycles. The fourth-order valence-electron chi connectivity index (χ4n) is 1.50. The minimum Gasteiger partial charge on any atom is -0.437 e. The first kappa shape index (κ1) is 10.3. The van der Waals surface area contributed by atoms with E-state index in [9.17, 15) is 9.59 Å². The summed E-state index contributed by atoms with van der Waals surface area (Å²) >= 11 is 0. The molecule has 0 spiro atoms. The highest BCUT2D eigenvalue weighted by atomic mass is 16.7.